The van der Waals surface area contributed by atoms with Gasteiger partial charge in [-0.3, -0.25) is 0 Å². The Labute approximate surface area is 49.8 Å². The van der Waals surface area contributed by atoms with Crippen molar-refractivity contribution in [3.05, 3.63) is 0 Å². The van der Waals surface area contributed by atoms with Crippen molar-refractivity contribution in [2.45, 2.75) is 25.0 Å². The maximum atomic E-state index is 5.42. The van der Waals surface area contributed by atoms with Crippen LogP contribution in [0.25, 0.3) is 0 Å². The topological polar surface area (TPSA) is 52.0 Å². The van der Waals surface area contributed by atoms with E-state index < -0.39 is 14.8 Å². The Hall–Kier alpha value is 0.463. The van der Waals surface area contributed by atoms with Gasteiger partial charge in [0.25, 0.3) is 0 Å². The molecule has 0 fully saturated rings. The first-order valence-electron chi connectivity index (χ1n) is 2.64. The number of rotatable bonds is 3. The van der Waals surface area contributed by atoms with Gasteiger partial charge in [0.05, 0.1) is 0 Å². The maximum absolute atomic E-state index is 5.42. The Balaban J connectivity index is 2.68. The molecular formula is C4H13GeN2. The molecule has 0 aliphatic rings. The molecule has 0 aromatic rings. The third kappa shape index (κ3) is 6.46. The van der Waals surface area contributed by atoms with E-state index in [0.717, 1.165) is 5.25 Å². The van der Waals surface area contributed by atoms with Crippen LogP contribution in [0.3, 0.4) is 0 Å². The van der Waals surface area contributed by atoms with Crippen molar-refractivity contribution in [1.82, 2.24) is 0 Å². The average molecular weight is 162 g/mol. The van der Waals surface area contributed by atoms with Gasteiger partial charge in [0.15, 0.2) is 0 Å². The summed E-state index contributed by atoms with van der Waals surface area (Å²) in [5, 5.41) is 1.12. The summed E-state index contributed by atoms with van der Waals surface area (Å²) in [6, 6.07) is 0. The van der Waals surface area contributed by atoms with Crippen molar-refractivity contribution in [2.75, 3.05) is 0 Å². The molecule has 0 saturated heterocycles. The van der Waals surface area contributed by atoms with Crippen LogP contribution in [0.4, 0.5) is 0 Å². The first-order chi connectivity index (χ1) is 3.27. The Bertz CT molecular complexity index is 38.7. The monoisotopic (exact) mass is 163 g/mol. The molecule has 2 nitrogen and oxygen atoms in total. The van der Waals surface area contributed by atoms with E-state index in [2.05, 4.69) is 6.92 Å². The van der Waals surface area contributed by atoms with Crippen LogP contribution in [0, 0.1) is 0 Å². The number of nitrogens with two attached hydrogens (primary N) is 2. The van der Waals surface area contributed by atoms with Crippen LogP contribution in [0.5, 0.6) is 0 Å². The van der Waals surface area contributed by atoms with Crippen molar-refractivity contribution >= 4 is 14.8 Å². The van der Waals surface area contributed by atoms with Crippen LogP contribution in [-0.4, -0.2) is 14.8 Å². The van der Waals surface area contributed by atoms with Crippen LogP contribution in [0.15, 0.2) is 0 Å². The second-order valence-electron chi connectivity index (χ2n) is 1.68. The summed E-state index contributed by atoms with van der Waals surface area (Å²) in [4.78, 5) is 0. The molecule has 7 heavy (non-hydrogen) atoms. The van der Waals surface area contributed by atoms with Gasteiger partial charge in [0, 0.05) is 0 Å². The molecular weight excluding hydrogens is 149 g/mol. The predicted molar refractivity (Wildman–Crippen MR) is 33.8 cm³/mol. The zero-order chi connectivity index (χ0) is 5.70. The van der Waals surface area contributed by atoms with Crippen LogP contribution in [0.2, 0.25) is 5.25 Å². The molecule has 4 N–H and O–H groups in total. The van der Waals surface area contributed by atoms with Gasteiger partial charge >= 0.3 is 49.2 Å². The fraction of sp³-hybridized carbons (Fsp3) is 1.00. The molecule has 0 heterocycles. The van der Waals surface area contributed by atoms with Crippen LogP contribution < -0.4 is 9.38 Å². The molecule has 0 rings (SSSR count). The molecule has 0 unspecified atom stereocenters. The molecule has 0 aliphatic carbocycles. The first kappa shape index (κ1) is 7.46. The fourth-order valence-electron chi connectivity index (χ4n) is 0.381. The van der Waals surface area contributed by atoms with Crippen molar-refractivity contribution in [2.24, 2.45) is 9.38 Å². The quantitative estimate of drug-likeness (QED) is 0.581. The van der Waals surface area contributed by atoms with E-state index in [1.54, 1.807) is 0 Å². The van der Waals surface area contributed by atoms with E-state index in [0.29, 0.717) is 0 Å². The Kier molecular flexibility index (Phi) is 4.92. The Morgan fingerprint density at radius 1 is 1.43 bits per heavy atom. The minimum atomic E-state index is -1.41. The molecule has 0 aliphatic heterocycles. The zero-order valence-electron chi connectivity index (χ0n) is 4.78. The fourth-order valence-corrected chi connectivity index (χ4v) is 1.98. The SMILES string of the molecule is CCC[CH2][Ge]([NH2])[NH2]. The van der Waals surface area contributed by atoms with E-state index in [1.807, 2.05) is 0 Å². The van der Waals surface area contributed by atoms with Gasteiger partial charge in [-0.25, -0.2) is 0 Å². The molecule has 0 aromatic heterocycles. The van der Waals surface area contributed by atoms with Crippen molar-refractivity contribution in [3.8, 4) is 0 Å². The molecule has 0 bridgehead atoms. The van der Waals surface area contributed by atoms with Gasteiger partial charge in [-0.15, -0.1) is 0 Å². The van der Waals surface area contributed by atoms with Gasteiger partial charge in [0.1, 0.15) is 0 Å². The molecule has 43 valence electrons. The average Bonchev–Trinajstić information content (AvgIpc) is 1.61. The number of hydrogen-bond donors (Lipinski definition) is 2. The van der Waals surface area contributed by atoms with E-state index in [1.165, 1.54) is 12.8 Å². The predicted octanol–water partition coefficient (Wildman–Crippen LogP) is 0.192. The van der Waals surface area contributed by atoms with Gasteiger partial charge in [0.2, 0.25) is 0 Å². The summed E-state index contributed by atoms with van der Waals surface area (Å²) in [7, 11) is 0. The van der Waals surface area contributed by atoms with E-state index >= 15 is 0 Å². The molecule has 0 spiro atoms. The molecule has 0 aromatic carbocycles. The van der Waals surface area contributed by atoms with Gasteiger partial charge in [-0.2, -0.15) is 0 Å². The summed E-state index contributed by atoms with van der Waals surface area (Å²) < 4.78 is 10.8. The normalized spacial score (nSPS) is 10.3. The number of hydrogen-bond acceptors (Lipinski definition) is 2. The van der Waals surface area contributed by atoms with Gasteiger partial charge < -0.3 is 0 Å². The summed E-state index contributed by atoms with van der Waals surface area (Å²) >= 11 is -1.41. The van der Waals surface area contributed by atoms with Gasteiger partial charge in [-0.1, -0.05) is 0 Å². The summed E-state index contributed by atoms with van der Waals surface area (Å²) in [6.45, 7) is 2.15. The third-order valence-electron chi connectivity index (χ3n) is 0.819. The summed E-state index contributed by atoms with van der Waals surface area (Å²) in [5.74, 6) is 0. The second-order valence-corrected chi connectivity index (χ2v) is 5.14. The Morgan fingerprint density at radius 3 is 2.14 bits per heavy atom. The van der Waals surface area contributed by atoms with Gasteiger partial charge in [-0.05, 0) is 0 Å². The minimum absolute atomic E-state index is 1.12. The molecule has 3 heteroatoms. The van der Waals surface area contributed by atoms with Crippen LogP contribution in [0.1, 0.15) is 19.8 Å². The van der Waals surface area contributed by atoms with Crippen molar-refractivity contribution in [3.63, 3.8) is 0 Å². The van der Waals surface area contributed by atoms with E-state index in [4.69, 9.17) is 9.38 Å². The third-order valence-corrected chi connectivity index (χ3v) is 2.77. The molecule has 0 amide bonds. The van der Waals surface area contributed by atoms with Crippen molar-refractivity contribution < 1.29 is 0 Å². The van der Waals surface area contributed by atoms with Crippen LogP contribution in [-0.2, 0) is 0 Å². The summed E-state index contributed by atoms with van der Waals surface area (Å²) in [5.41, 5.74) is 0. The first-order valence-corrected chi connectivity index (χ1v) is 6.54. The summed E-state index contributed by atoms with van der Waals surface area (Å²) in [6.07, 6.45) is 2.45. The standard InChI is InChI=1S/C4H13GeN2/c1-2-3-4-5(6)7/h2-4,6-7H2,1H3. The zero-order valence-corrected chi connectivity index (χ0v) is 6.87. The molecule has 0 saturated carbocycles. The molecule has 0 atom stereocenters. The number of unbranched alkanes of at least 4 members (excludes halogenated alkanes) is 1. The van der Waals surface area contributed by atoms with E-state index in [-0.39, 0.29) is 0 Å². The Morgan fingerprint density at radius 2 is 2.00 bits per heavy atom. The molecule has 1 radical (unpaired) electrons. The van der Waals surface area contributed by atoms with Crippen LogP contribution >= 0.6 is 0 Å². The van der Waals surface area contributed by atoms with Crippen molar-refractivity contribution in [1.29, 1.82) is 0 Å². The van der Waals surface area contributed by atoms with E-state index in [9.17, 15) is 0 Å². The second kappa shape index (κ2) is 4.62.